The summed E-state index contributed by atoms with van der Waals surface area (Å²) in [7, 11) is 0. The molecule has 0 fully saturated rings. The van der Waals surface area contributed by atoms with E-state index in [0.717, 1.165) is 10.2 Å². The maximum atomic E-state index is 11.8. The van der Waals surface area contributed by atoms with E-state index >= 15 is 0 Å². The summed E-state index contributed by atoms with van der Waals surface area (Å²) in [5.41, 5.74) is 4.02. The molecule has 0 saturated heterocycles. The highest BCUT2D eigenvalue weighted by molar-refractivity contribution is 7.16. The van der Waals surface area contributed by atoms with Crippen molar-refractivity contribution in [2.75, 3.05) is 10.6 Å². The third-order valence-corrected chi connectivity index (χ3v) is 3.32. The lowest BCUT2D eigenvalue weighted by Gasteiger charge is -2.06. The van der Waals surface area contributed by atoms with Crippen LogP contribution < -0.4 is 10.6 Å². The first kappa shape index (κ1) is 11.6. The van der Waals surface area contributed by atoms with Crippen LogP contribution in [-0.2, 0) is 0 Å². The Hall–Kier alpha value is -2.47. The number of hydrogen-bond acceptors (Lipinski definition) is 4. The summed E-state index contributed by atoms with van der Waals surface area (Å²) in [6.07, 6.45) is 3.24. The third kappa shape index (κ3) is 2.69. The molecule has 0 aliphatic heterocycles. The number of anilines is 2. The molecule has 0 aliphatic carbocycles. The van der Waals surface area contributed by atoms with E-state index in [-0.39, 0.29) is 6.03 Å². The zero-order chi connectivity index (χ0) is 13.1. The lowest BCUT2D eigenvalue weighted by molar-refractivity contribution is 0.262. The van der Waals surface area contributed by atoms with Gasteiger partial charge < -0.3 is 10.6 Å². The Morgan fingerprint density at radius 3 is 2.89 bits per heavy atom. The van der Waals surface area contributed by atoms with Gasteiger partial charge in [0.15, 0.2) is 0 Å². The van der Waals surface area contributed by atoms with E-state index in [0.29, 0.717) is 11.4 Å². The predicted octanol–water partition coefficient (Wildman–Crippen LogP) is 3.34. The van der Waals surface area contributed by atoms with E-state index in [9.17, 15) is 4.79 Å². The van der Waals surface area contributed by atoms with E-state index in [1.165, 1.54) is 0 Å². The van der Waals surface area contributed by atoms with Crippen molar-refractivity contribution in [1.29, 1.82) is 0 Å². The van der Waals surface area contributed by atoms with Crippen molar-refractivity contribution in [3.63, 3.8) is 0 Å². The molecule has 5 nitrogen and oxygen atoms in total. The fourth-order valence-electron chi connectivity index (χ4n) is 1.67. The zero-order valence-corrected chi connectivity index (χ0v) is 10.6. The molecule has 0 unspecified atom stereocenters. The van der Waals surface area contributed by atoms with Crippen LogP contribution in [0.4, 0.5) is 16.2 Å². The van der Waals surface area contributed by atoms with Crippen molar-refractivity contribution >= 4 is 39.0 Å². The van der Waals surface area contributed by atoms with E-state index < -0.39 is 0 Å². The number of nitrogens with one attached hydrogen (secondary N) is 2. The van der Waals surface area contributed by atoms with Gasteiger partial charge >= 0.3 is 6.03 Å². The summed E-state index contributed by atoms with van der Waals surface area (Å²) in [6, 6.07) is 8.86. The number of amides is 2. The van der Waals surface area contributed by atoms with Crippen molar-refractivity contribution in [2.24, 2.45) is 0 Å². The number of aromatic nitrogens is 2. The summed E-state index contributed by atoms with van der Waals surface area (Å²) in [6.45, 7) is 0. The molecule has 94 valence electrons. The molecule has 2 aromatic heterocycles. The van der Waals surface area contributed by atoms with Gasteiger partial charge in [-0.1, -0.05) is 0 Å². The number of urea groups is 1. The Morgan fingerprint density at radius 2 is 2.05 bits per heavy atom. The van der Waals surface area contributed by atoms with Gasteiger partial charge in [-0.3, -0.25) is 4.98 Å². The number of hydrogen-bond donors (Lipinski definition) is 2. The maximum absolute atomic E-state index is 11.8. The molecule has 0 radical (unpaired) electrons. The molecule has 3 rings (SSSR count). The maximum Gasteiger partial charge on any atom is 0.323 e. The van der Waals surface area contributed by atoms with Gasteiger partial charge in [-0.15, -0.1) is 11.3 Å². The van der Waals surface area contributed by atoms with Gasteiger partial charge in [-0.25, -0.2) is 9.78 Å². The quantitative estimate of drug-likeness (QED) is 0.750. The summed E-state index contributed by atoms with van der Waals surface area (Å²) in [5.74, 6) is 0. The smallest absolute Gasteiger partial charge is 0.308 e. The topological polar surface area (TPSA) is 66.9 Å². The van der Waals surface area contributed by atoms with Crippen LogP contribution >= 0.6 is 11.3 Å². The van der Waals surface area contributed by atoms with Gasteiger partial charge in [0.05, 0.1) is 27.6 Å². The highest BCUT2D eigenvalue weighted by Gasteiger charge is 2.04. The lowest BCUT2D eigenvalue weighted by Crippen LogP contribution is -2.19. The predicted molar refractivity (Wildman–Crippen MR) is 76.5 cm³/mol. The average molecular weight is 270 g/mol. The van der Waals surface area contributed by atoms with Crippen LogP contribution in [0.15, 0.2) is 48.2 Å². The summed E-state index contributed by atoms with van der Waals surface area (Å²) >= 11 is 1.57. The monoisotopic (exact) mass is 270 g/mol. The zero-order valence-electron chi connectivity index (χ0n) is 9.83. The number of pyridine rings is 1. The third-order valence-electron chi connectivity index (χ3n) is 2.51. The Kier molecular flexibility index (Phi) is 3.07. The van der Waals surface area contributed by atoms with E-state index in [2.05, 4.69) is 20.6 Å². The van der Waals surface area contributed by atoms with E-state index in [1.54, 1.807) is 41.4 Å². The largest absolute Gasteiger partial charge is 0.323 e. The van der Waals surface area contributed by atoms with Crippen molar-refractivity contribution < 1.29 is 4.79 Å². The molecule has 0 atom stereocenters. The standard InChI is InChI=1S/C13H10N4OS/c18-13(17-10-2-1-5-14-7-10)16-9-3-4-12-11(6-9)15-8-19-12/h1-8H,(H2,16,17,18). The number of rotatable bonds is 2. The molecular formula is C13H10N4OS. The molecule has 2 N–H and O–H groups in total. The van der Waals surface area contributed by atoms with Crippen LogP contribution in [0.5, 0.6) is 0 Å². The van der Waals surface area contributed by atoms with Crippen LogP contribution in [0.2, 0.25) is 0 Å². The highest BCUT2D eigenvalue weighted by atomic mass is 32.1. The summed E-state index contributed by atoms with van der Waals surface area (Å²) in [4.78, 5) is 19.9. The van der Waals surface area contributed by atoms with E-state index in [4.69, 9.17) is 0 Å². The van der Waals surface area contributed by atoms with Crippen LogP contribution in [0, 0.1) is 0 Å². The van der Waals surface area contributed by atoms with Gasteiger partial charge in [0.1, 0.15) is 0 Å². The molecule has 0 spiro atoms. The second-order valence-corrected chi connectivity index (χ2v) is 4.74. The number of fused-ring (bicyclic) bond motifs is 1. The molecule has 2 heterocycles. The van der Waals surface area contributed by atoms with Crippen molar-refractivity contribution in [2.45, 2.75) is 0 Å². The Morgan fingerprint density at radius 1 is 1.16 bits per heavy atom. The molecule has 19 heavy (non-hydrogen) atoms. The molecule has 3 aromatic rings. The van der Waals surface area contributed by atoms with Crippen molar-refractivity contribution in [3.05, 3.63) is 48.2 Å². The molecule has 0 bridgehead atoms. The Bertz CT molecular complexity index is 711. The normalized spacial score (nSPS) is 10.3. The number of thiazole rings is 1. The first-order valence-corrected chi connectivity index (χ1v) is 6.50. The van der Waals surface area contributed by atoms with Crippen molar-refractivity contribution in [3.8, 4) is 0 Å². The Balaban J connectivity index is 1.72. The van der Waals surface area contributed by atoms with Gasteiger partial charge in [-0.2, -0.15) is 0 Å². The van der Waals surface area contributed by atoms with Gasteiger partial charge in [-0.05, 0) is 30.3 Å². The molecule has 6 heteroatoms. The second-order valence-electron chi connectivity index (χ2n) is 3.86. The van der Waals surface area contributed by atoms with Crippen LogP contribution in [0.1, 0.15) is 0 Å². The van der Waals surface area contributed by atoms with Gasteiger partial charge in [0.2, 0.25) is 0 Å². The van der Waals surface area contributed by atoms with Crippen LogP contribution in [-0.4, -0.2) is 16.0 Å². The second kappa shape index (κ2) is 5.03. The number of benzene rings is 1. The lowest BCUT2D eigenvalue weighted by atomic mass is 10.3. The molecule has 0 aliphatic rings. The highest BCUT2D eigenvalue weighted by Crippen LogP contribution is 2.21. The van der Waals surface area contributed by atoms with Crippen molar-refractivity contribution in [1.82, 2.24) is 9.97 Å². The molecule has 2 amide bonds. The minimum atomic E-state index is -0.303. The first-order chi connectivity index (χ1) is 9.31. The van der Waals surface area contributed by atoms with Gasteiger partial charge in [0, 0.05) is 11.9 Å². The fourth-order valence-corrected chi connectivity index (χ4v) is 2.32. The number of nitrogens with zero attached hydrogens (tertiary/aromatic N) is 2. The van der Waals surface area contributed by atoms with Crippen LogP contribution in [0.25, 0.3) is 10.2 Å². The van der Waals surface area contributed by atoms with Gasteiger partial charge in [0.25, 0.3) is 0 Å². The fraction of sp³-hybridized carbons (Fsp3) is 0. The molecule has 1 aromatic carbocycles. The van der Waals surface area contributed by atoms with E-state index in [1.807, 2.05) is 18.2 Å². The summed E-state index contributed by atoms with van der Waals surface area (Å²) < 4.78 is 1.10. The minimum absolute atomic E-state index is 0.303. The first-order valence-electron chi connectivity index (χ1n) is 5.62. The number of carbonyl (C=O) groups excluding carboxylic acids is 1. The molecular weight excluding hydrogens is 260 g/mol. The number of carbonyl (C=O) groups is 1. The van der Waals surface area contributed by atoms with Crippen LogP contribution in [0.3, 0.4) is 0 Å². The Labute approximate surface area is 113 Å². The SMILES string of the molecule is O=C(Nc1cccnc1)Nc1ccc2scnc2c1. The summed E-state index contributed by atoms with van der Waals surface area (Å²) in [5, 5.41) is 5.46. The molecule has 0 saturated carbocycles. The minimum Gasteiger partial charge on any atom is -0.308 e. The average Bonchev–Trinajstić information content (AvgIpc) is 2.87.